The molecule has 0 bridgehead atoms. The number of pyridine rings is 1. The minimum atomic E-state index is -0.492. The first-order valence-corrected chi connectivity index (χ1v) is 11.5. The van der Waals surface area contributed by atoms with Crippen LogP contribution < -0.4 is 25.7 Å². The van der Waals surface area contributed by atoms with Crippen molar-refractivity contribution < 1.29 is 14.3 Å². The molecule has 10 nitrogen and oxygen atoms in total. The maximum atomic E-state index is 12.4. The SMILES string of the molecule is COc1ccc(OC)c(NC(=O)Nc2nnc(SCc3cc(=O)n4cccc(C)c4n3)s2)c1. The molecule has 3 heterocycles. The molecule has 0 aliphatic carbocycles. The van der Waals surface area contributed by atoms with Gasteiger partial charge in [0.1, 0.15) is 17.1 Å². The molecule has 0 spiro atoms. The highest BCUT2D eigenvalue weighted by Gasteiger charge is 2.13. The van der Waals surface area contributed by atoms with E-state index in [1.54, 1.807) is 24.4 Å². The van der Waals surface area contributed by atoms with E-state index in [0.29, 0.717) is 43.8 Å². The molecule has 0 aliphatic heterocycles. The average Bonchev–Trinajstić information content (AvgIpc) is 3.25. The molecule has 0 aliphatic rings. The Kier molecular flexibility index (Phi) is 6.75. The van der Waals surface area contributed by atoms with E-state index in [1.165, 1.54) is 47.8 Å². The minimum absolute atomic E-state index is 0.136. The van der Waals surface area contributed by atoms with Gasteiger partial charge in [-0.2, -0.15) is 0 Å². The second-order valence-electron chi connectivity index (χ2n) is 6.78. The normalized spacial score (nSPS) is 10.8. The number of urea groups is 1. The summed E-state index contributed by atoms with van der Waals surface area (Å²) >= 11 is 2.61. The first-order chi connectivity index (χ1) is 16.0. The zero-order valence-corrected chi connectivity index (χ0v) is 19.6. The van der Waals surface area contributed by atoms with Gasteiger partial charge in [0, 0.05) is 24.1 Å². The van der Waals surface area contributed by atoms with E-state index >= 15 is 0 Å². The number of carbonyl (C=O) groups excluding carboxylic acids is 1. The Labute approximate surface area is 197 Å². The number of ether oxygens (including phenoxy) is 2. The number of thioether (sulfide) groups is 1. The Morgan fingerprint density at radius 1 is 1.15 bits per heavy atom. The molecule has 0 radical (unpaired) electrons. The smallest absolute Gasteiger partial charge is 0.325 e. The molecule has 4 aromatic rings. The number of hydrogen-bond donors (Lipinski definition) is 2. The Morgan fingerprint density at radius 2 is 2.00 bits per heavy atom. The molecule has 170 valence electrons. The lowest BCUT2D eigenvalue weighted by Gasteiger charge is -2.11. The number of nitrogens with one attached hydrogen (secondary N) is 2. The van der Waals surface area contributed by atoms with Crippen molar-refractivity contribution in [2.45, 2.75) is 17.0 Å². The summed E-state index contributed by atoms with van der Waals surface area (Å²) in [5.74, 6) is 1.52. The second kappa shape index (κ2) is 9.88. The molecule has 0 saturated carbocycles. The predicted octanol–water partition coefficient (Wildman–Crippen LogP) is 3.81. The van der Waals surface area contributed by atoms with Crippen molar-refractivity contribution in [1.29, 1.82) is 0 Å². The highest BCUT2D eigenvalue weighted by atomic mass is 32.2. The maximum absolute atomic E-state index is 12.4. The Balaban J connectivity index is 1.40. The molecule has 2 amide bonds. The van der Waals surface area contributed by atoms with Crippen LogP contribution in [0.3, 0.4) is 0 Å². The average molecular weight is 485 g/mol. The lowest BCUT2D eigenvalue weighted by atomic mass is 10.2. The molecule has 2 N–H and O–H groups in total. The minimum Gasteiger partial charge on any atom is -0.497 e. The maximum Gasteiger partial charge on any atom is 0.325 e. The number of hydrogen-bond acceptors (Lipinski definition) is 9. The van der Waals surface area contributed by atoms with E-state index in [-0.39, 0.29) is 5.56 Å². The van der Waals surface area contributed by atoms with Crippen LogP contribution in [-0.4, -0.2) is 39.8 Å². The van der Waals surface area contributed by atoms with Crippen molar-refractivity contribution in [1.82, 2.24) is 19.6 Å². The van der Waals surface area contributed by atoms with Crippen LogP contribution in [0.4, 0.5) is 15.6 Å². The van der Waals surface area contributed by atoms with Gasteiger partial charge in [-0.3, -0.25) is 14.5 Å². The van der Waals surface area contributed by atoms with Gasteiger partial charge in [-0.25, -0.2) is 9.78 Å². The number of rotatable bonds is 7. The number of benzene rings is 1. The van der Waals surface area contributed by atoms with Gasteiger partial charge in [-0.1, -0.05) is 29.2 Å². The van der Waals surface area contributed by atoms with Crippen molar-refractivity contribution in [2.75, 3.05) is 24.9 Å². The summed E-state index contributed by atoms with van der Waals surface area (Å²) in [4.78, 5) is 29.3. The van der Waals surface area contributed by atoms with Gasteiger partial charge in [-0.15, -0.1) is 10.2 Å². The molecule has 3 aromatic heterocycles. The summed E-state index contributed by atoms with van der Waals surface area (Å²) in [6.45, 7) is 1.91. The van der Waals surface area contributed by atoms with Gasteiger partial charge in [-0.05, 0) is 30.7 Å². The monoisotopic (exact) mass is 484 g/mol. The summed E-state index contributed by atoms with van der Waals surface area (Å²) in [5.41, 5.74) is 2.51. The van der Waals surface area contributed by atoms with Gasteiger partial charge in [0.15, 0.2) is 4.34 Å². The molecule has 0 saturated heterocycles. The first kappa shape index (κ1) is 22.6. The highest BCUT2D eigenvalue weighted by Crippen LogP contribution is 2.30. The molecular weight excluding hydrogens is 464 g/mol. The van der Waals surface area contributed by atoms with Crippen LogP contribution in [0.5, 0.6) is 11.5 Å². The molecule has 0 fully saturated rings. The topological polar surface area (TPSA) is 120 Å². The van der Waals surface area contributed by atoms with E-state index in [4.69, 9.17) is 9.47 Å². The van der Waals surface area contributed by atoms with Crippen LogP contribution in [0.1, 0.15) is 11.3 Å². The van der Waals surface area contributed by atoms with Crippen molar-refractivity contribution in [3.63, 3.8) is 0 Å². The molecular formula is C21H20N6O4S2. The first-order valence-electron chi connectivity index (χ1n) is 9.71. The summed E-state index contributed by atoms with van der Waals surface area (Å²) in [6, 6.07) is 9.83. The quantitative estimate of drug-likeness (QED) is 0.300. The Morgan fingerprint density at radius 3 is 2.79 bits per heavy atom. The predicted molar refractivity (Wildman–Crippen MR) is 128 cm³/mol. The summed E-state index contributed by atoms with van der Waals surface area (Å²) in [7, 11) is 3.05. The van der Waals surface area contributed by atoms with Gasteiger partial charge < -0.3 is 14.8 Å². The second-order valence-corrected chi connectivity index (χ2v) is 8.98. The third-order valence-corrected chi connectivity index (χ3v) is 6.57. The van der Waals surface area contributed by atoms with Crippen LogP contribution in [0.15, 0.2) is 51.7 Å². The summed E-state index contributed by atoms with van der Waals surface area (Å²) < 4.78 is 12.6. The number of aromatic nitrogens is 4. The lowest BCUT2D eigenvalue weighted by Crippen LogP contribution is -2.19. The third kappa shape index (κ3) is 5.23. The van der Waals surface area contributed by atoms with Crippen LogP contribution in [0.2, 0.25) is 0 Å². The van der Waals surface area contributed by atoms with Crippen LogP contribution in [-0.2, 0) is 5.75 Å². The van der Waals surface area contributed by atoms with E-state index in [2.05, 4.69) is 25.8 Å². The largest absolute Gasteiger partial charge is 0.497 e. The number of carbonyl (C=O) groups is 1. The number of nitrogens with zero attached hydrogens (tertiary/aromatic N) is 4. The standard InChI is InChI=1S/C21H20N6O4S2/c1-12-5-4-8-27-17(28)9-13(22-18(12)27)11-32-21-26-25-20(33-21)24-19(29)23-15-10-14(30-2)6-7-16(15)31-3/h4-10H,11H2,1-3H3,(H2,23,24,25,29). The van der Waals surface area contributed by atoms with Gasteiger partial charge in [0.25, 0.3) is 5.56 Å². The van der Waals surface area contributed by atoms with E-state index in [0.717, 1.165) is 5.56 Å². The summed E-state index contributed by atoms with van der Waals surface area (Å²) in [5, 5.41) is 13.8. The molecule has 0 atom stereocenters. The molecule has 1 aromatic carbocycles. The van der Waals surface area contributed by atoms with Crippen LogP contribution in [0.25, 0.3) is 5.65 Å². The van der Waals surface area contributed by atoms with E-state index < -0.39 is 6.03 Å². The Hall–Kier alpha value is -3.64. The van der Waals surface area contributed by atoms with Crippen molar-refractivity contribution in [2.24, 2.45) is 0 Å². The fraction of sp³-hybridized carbons (Fsp3) is 0.190. The van der Waals surface area contributed by atoms with Crippen molar-refractivity contribution in [3.05, 3.63) is 64.2 Å². The van der Waals surface area contributed by atoms with Crippen LogP contribution in [0, 0.1) is 6.92 Å². The van der Waals surface area contributed by atoms with Crippen LogP contribution >= 0.6 is 23.1 Å². The number of amides is 2. The van der Waals surface area contributed by atoms with Crippen molar-refractivity contribution >= 4 is 45.6 Å². The number of aryl methyl sites for hydroxylation is 1. The summed E-state index contributed by atoms with van der Waals surface area (Å²) in [6.07, 6.45) is 1.70. The van der Waals surface area contributed by atoms with Gasteiger partial charge >= 0.3 is 6.03 Å². The zero-order chi connectivity index (χ0) is 23.4. The fourth-order valence-corrected chi connectivity index (χ4v) is 4.64. The number of fused-ring (bicyclic) bond motifs is 1. The molecule has 0 unspecified atom stereocenters. The Bertz CT molecular complexity index is 1370. The van der Waals surface area contributed by atoms with Crippen molar-refractivity contribution in [3.8, 4) is 11.5 Å². The van der Waals surface area contributed by atoms with Gasteiger partial charge in [0.2, 0.25) is 5.13 Å². The van der Waals surface area contributed by atoms with E-state index in [1.807, 2.05) is 19.1 Å². The molecule has 33 heavy (non-hydrogen) atoms. The number of methoxy groups -OCH3 is 2. The zero-order valence-electron chi connectivity index (χ0n) is 18.0. The lowest BCUT2D eigenvalue weighted by molar-refractivity contribution is 0.262. The van der Waals surface area contributed by atoms with E-state index in [9.17, 15) is 9.59 Å². The fourth-order valence-electron chi connectivity index (χ4n) is 3.00. The molecule has 12 heteroatoms. The van der Waals surface area contributed by atoms with Gasteiger partial charge in [0.05, 0.1) is 25.6 Å². The number of anilines is 2. The highest BCUT2D eigenvalue weighted by molar-refractivity contribution is 8.00. The third-order valence-electron chi connectivity index (χ3n) is 4.56. The molecule has 4 rings (SSSR count).